The van der Waals surface area contributed by atoms with Crippen molar-refractivity contribution in [2.75, 3.05) is 6.54 Å². The number of ketones is 1. The van der Waals surface area contributed by atoms with Crippen LogP contribution in [-0.2, 0) is 25.7 Å². The van der Waals surface area contributed by atoms with E-state index in [4.69, 9.17) is 9.47 Å². The number of ether oxygens (including phenoxy) is 2. The minimum absolute atomic E-state index is 0.0349. The van der Waals surface area contributed by atoms with Crippen LogP contribution in [0.3, 0.4) is 0 Å². The zero-order chi connectivity index (χ0) is 17.7. The zero-order valence-corrected chi connectivity index (χ0v) is 14.3. The third-order valence-corrected chi connectivity index (χ3v) is 3.55. The Bertz CT molecular complexity index is 606. The van der Waals surface area contributed by atoms with Gasteiger partial charge in [-0.15, -0.1) is 0 Å². The molecule has 0 aromatic heterocycles. The van der Waals surface area contributed by atoms with E-state index in [1.807, 2.05) is 30.3 Å². The van der Waals surface area contributed by atoms with Crippen molar-refractivity contribution in [3.63, 3.8) is 0 Å². The van der Waals surface area contributed by atoms with Crippen LogP contribution in [-0.4, -0.2) is 40.9 Å². The largest absolute Gasteiger partial charge is 0.459 e. The van der Waals surface area contributed by atoms with Crippen LogP contribution in [0.15, 0.2) is 30.3 Å². The molecule has 1 unspecified atom stereocenters. The fourth-order valence-corrected chi connectivity index (χ4v) is 2.40. The summed E-state index contributed by atoms with van der Waals surface area (Å²) in [4.78, 5) is 37.7. The predicted molar refractivity (Wildman–Crippen MR) is 87.2 cm³/mol. The molecule has 0 N–H and O–H groups in total. The van der Waals surface area contributed by atoms with Crippen LogP contribution in [0.2, 0.25) is 0 Å². The first-order valence-corrected chi connectivity index (χ1v) is 7.98. The Morgan fingerprint density at radius 2 is 1.88 bits per heavy atom. The molecule has 2 rings (SSSR count). The zero-order valence-electron chi connectivity index (χ0n) is 14.3. The summed E-state index contributed by atoms with van der Waals surface area (Å²) in [6.07, 6.45) is -0.411. The first-order valence-electron chi connectivity index (χ1n) is 7.98. The lowest BCUT2D eigenvalue weighted by atomic mass is 10.0. The van der Waals surface area contributed by atoms with Gasteiger partial charge in [0, 0.05) is 19.4 Å². The molecule has 1 aliphatic rings. The SMILES string of the molecule is CC(C)(C)OC(=O)N1CCC(=O)CC1C(=O)OCc1ccccc1. The number of benzene rings is 1. The number of hydrogen-bond acceptors (Lipinski definition) is 5. The van der Waals surface area contributed by atoms with Crippen molar-refractivity contribution in [1.29, 1.82) is 0 Å². The Hall–Kier alpha value is -2.37. The summed E-state index contributed by atoms with van der Waals surface area (Å²) in [5.41, 5.74) is 0.175. The first-order chi connectivity index (χ1) is 11.3. The van der Waals surface area contributed by atoms with Gasteiger partial charge >= 0.3 is 12.1 Å². The van der Waals surface area contributed by atoms with Gasteiger partial charge in [0.05, 0.1) is 0 Å². The van der Waals surface area contributed by atoms with Crippen molar-refractivity contribution in [1.82, 2.24) is 4.90 Å². The monoisotopic (exact) mass is 333 g/mol. The maximum Gasteiger partial charge on any atom is 0.411 e. The van der Waals surface area contributed by atoms with Crippen LogP contribution >= 0.6 is 0 Å². The molecule has 6 heteroatoms. The van der Waals surface area contributed by atoms with Gasteiger partial charge in [0.15, 0.2) is 0 Å². The van der Waals surface area contributed by atoms with E-state index in [0.29, 0.717) is 0 Å². The molecule has 0 spiro atoms. The molecule has 0 aliphatic carbocycles. The van der Waals surface area contributed by atoms with E-state index in [2.05, 4.69) is 0 Å². The van der Waals surface area contributed by atoms with Crippen LogP contribution in [0, 0.1) is 0 Å². The second kappa shape index (κ2) is 7.47. The number of carbonyl (C=O) groups is 3. The van der Waals surface area contributed by atoms with E-state index in [-0.39, 0.29) is 31.8 Å². The average molecular weight is 333 g/mol. The Balaban J connectivity index is 2.03. The molecule has 6 nitrogen and oxygen atoms in total. The van der Waals surface area contributed by atoms with Crippen molar-refractivity contribution >= 4 is 17.8 Å². The van der Waals surface area contributed by atoms with Gasteiger partial charge in [-0.2, -0.15) is 0 Å². The number of rotatable bonds is 3. The fraction of sp³-hybridized carbons (Fsp3) is 0.500. The summed E-state index contributed by atoms with van der Waals surface area (Å²) in [6.45, 7) is 5.53. The van der Waals surface area contributed by atoms with Crippen molar-refractivity contribution in [2.24, 2.45) is 0 Å². The second-order valence-corrected chi connectivity index (χ2v) is 6.78. The van der Waals surface area contributed by atoms with Gasteiger partial charge in [-0.1, -0.05) is 30.3 Å². The average Bonchev–Trinajstić information content (AvgIpc) is 2.51. The minimum Gasteiger partial charge on any atom is -0.459 e. The van der Waals surface area contributed by atoms with Crippen molar-refractivity contribution in [2.45, 2.75) is 51.9 Å². The van der Waals surface area contributed by atoms with Gasteiger partial charge in [-0.25, -0.2) is 9.59 Å². The summed E-state index contributed by atoms with van der Waals surface area (Å²) in [5, 5.41) is 0. The van der Waals surface area contributed by atoms with Crippen LogP contribution in [0.5, 0.6) is 0 Å². The van der Waals surface area contributed by atoms with E-state index in [1.54, 1.807) is 20.8 Å². The molecule has 1 heterocycles. The quantitative estimate of drug-likeness (QED) is 0.795. The third-order valence-electron chi connectivity index (χ3n) is 3.55. The number of likely N-dealkylation sites (tertiary alicyclic amines) is 1. The fourth-order valence-electron chi connectivity index (χ4n) is 2.40. The molecule has 0 bridgehead atoms. The summed E-state index contributed by atoms with van der Waals surface area (Å²) >= 11 is 0. The van der Waals surface area contributed by atoms with Gasteiger partial charge in [0.1, 0.15) is 24.0 Å². The number of hydrogen-bond donors (Lipinski definition) is 0. The molecular weight excluding hydrogens is 310 g/mol. The maximum absolute atomic E-state index is 12.4. The molecule has 1 saturated heterocycles. The van der Waals surface area contributed by atoms with Gasteiger partial charge in [0.25, 0.3) is 0 Å². The number of amides is 1. The smallest absolute Gasteiger partial charge is 0.411 e. The highest BCUT2D eigenvalue weighted by Gasteiger charge is 2.38. The number of piperidine rings is 1. The molecule has 1 amide bonds. The number of esters is 1. The Morgan fingerprint density at radius 1 is 1.21 bits per heavy atom. The number of carbonyl (C=O) groups excluding carboxylic acids is 3. The van der Waals surface area contributed by atoms with E-state index >= 15 is 0 Å². The predicted octanol–water partition coefficient (Wildman–Crippen LogP) is 2.70. The molecule has 1 aromatic carbocycles. The Labute approximate surface area is 141 Å². The highest BCUT2D eigenvalue weighted by molar-refractivity contribution is 5.91. The molecule has 1 atom stereocenters. The van der Waals surface area contributed by atoms with E-state index < -0.39 is 23.7 Å². The van der Waals surface area contributed by atoms with Gasteiger partial charge in [-0.3, -0.25) is 9.69 Å². The standard InChI is InChI=1S/C18H23NO5/c1-18(2,3)24-17(22)19-10-9-14(20)11-15(19)16(21)23-12-13-7-5-4-6-8-13/h4-8,15H,9-12H2,1-3H3. The highest BCUT2D eigenvalue weighted by Crippen LogP contribution is 2.20. The van der Waals surface area contributed by atoms with E-state index in [0.717, 1.165) is 5.56 Å². The molecule has 0 saturated carbocycles. The lowest BCUT2D eigenvalue weighted by Crippen LogP contribution is -2.52. The minimum atomic E-state index is -0.926. The maximum atomic E-state index is 12.4. The molecule has 1 fully saturated rings. The summed E-state index contributed by atoms with van der Waals surface area (Å²) in [7, 11) is 0. The van der Waals surface area contributed by atoms with Crippen LogP contribution in [0.4, 0.5) is 4.79 Å². The van der Waals surface area contributed by atoms with Gasteiger partial charge in [0.2, 0.25) is 0 Å². The van der Waals surface area contributed by atoms with Gasteiger partial charge in [-0.05, 0) is 26.3 Å². The molecule has 24 heavy (non-hydrogen) atoms. The summed E-state index contributed by atoms with van der Waals surface area (Å²) < 4.78 is 10.6. The molecule has 1 aliphatic heterocycles. The normalized spacial score (nSPS) is 18.2. The third kappa shape index (κ3) is 5.08. The topological polar surface area (TPSA) is 72.9 Å². The molecule has 130 valence electrons. The lowest BCUT2D eigenvalue weighted by Gasteiger charge is -2.34. The first kappa shape index (κ1) is 18.0. The van der Waals surface area contributed by atoms with Crippen LogP contribution in [0.25, 0.3) is 0 Å². The highest BCUT2D eigenvalue weighted by atomic mass is 16.6. The van der Waals surface area contributed by atoms with E-state index in [1.165, 1.54) is 4.90 Å². The Kier molecular flexibility index (Phi) is 5.59. The molecule has 0 radical (unpaired) electrons. The van der Waals surface area contributed by atoms with Crippen LogP contribution in [0.1, 0.15) is 39.2 Å². The second-order valence-electron chi connectivity index (χ2n) is 6.78. The van der Waals surface area contributed by atoms with Gasteiger partial charge < -0.3 is 9.47 Å². The Morgan fingerprint density at radius 3 is 2.50 bits per heavy atom. The number of Topliss-reactive ketones (excluding diaryl/α,β-unsaturated/α-hetero) is 1. The van der Waals surface area contributed by atoms with Crippen molar-refractivity contribution in [3.8, 4) is 0 Å². The molecular formula is C18H23NO5. The summed E-state index contributed by atoms with van der Waals surface area (Å²) in [5.74, 6) is -0.644. The lowest BCUT2D eigenvalue weighted by molar-refractivity contribution is -0.154. The van der Waals surface area contributed by atoms with Crippen molar-refractivity contribution < 1.29 is 23.9 Å². The van der Waals surface area contributed by atoms with Crippen molar-refractivity contribution in [3.05, 3.63) is 35.9 Å². The van der Waals surface area contributed by atoms with E-state index in [9.17, 15) is 14.4 Å². The number of nitrogens with zero attached hydrogens (tertiary/aromatic N) is 1. The summed E-state index contributed by atoms with van der Waals surface area (Å²) in [6, 6.07) is 8.32. The van der Waals surface area contributed by atoms with Crippen LogP contribution < -0.4 is 0 Å². The molecule has 1 aromatic rings.